The van der Waals surface area contributed by atoms with E-state index in [4.69, 9.17) is 19.7 Å². The normalized spacial score (nSPS) is 17.5. The van der Waals surface area contributed by atoms with Crippen LogP contribution in [0.4, 0.5) is 0 Å². The fraction of sp³-hybridized carbons (Fsp3) is 0.636. The number of unbranched alkanes of at least 4 members (excludes halogenated alkanes) is 2. The number of aliphatic hydroxyl groups is 2. The van der Waals surface area contributed by atoms with Crippen molar-refractivity contribution in [2.45, 2.75) is 97.3 Å². The Kier molecular flexibility index (Phi) is 14.0. The second-order valence-corrected chi connectivity index (χ2v) is 11.6. The number of aliphatic hydroxyl groups excluding tert-OH is 2. The van der Waals surface area contributed by atoms with Gasteiger partial charge in [-0.3, -0.25) is 0 Å². The molecule has 1 aromatic rings. The molecule has 0 aliphatic heterocycles. The molecule has 1 saturated carbocycles. The van der Waals surface area contributed by atoms with Gasteiger partial charge in [0.1, 0.15) is 13.2 Å². The molecule has 0 unspecified atom stereocenters. The van der Waals surface area contributed by atoms with Crippen molar-refractivity contribution in [3.05, 3.63) is 59.2 Å². The standard InChI is InChI=1S/C33H50O6/c1-6-8-9-10-28-15-16-30(19-27(28)7-2)29-13-11-26(12-14-29)17-18-33(5,22-38-31(36)24(3)20-34)23-39-32(37)25(4)21-35/h15-16,19,26,29,34-35H,3-4,6-14,17-18,20-23H2,1-2,5H3. The van der Waals surface area contributed by atoms with Crippen LogP contribution in [-0.2, 0) is 31.9 Å². The number of esters is 2. The maximum Gasteiger partial charge on any atom is 0.335 e. The summed E-state index contributed by atoms with van der Waals surface area (Å²) in [6, 6.07) is 7.17. The molecule has 218 valence electrons. The van der Waals surface area contributed by atoms with Crippen LogP contribution in [0, 0.1) is 11.3 Å². The zero-order chi connectivity index (χ0) is 28.8. The Morgan fingerprint density at radius 1 is 0.923 bits per heavy atom. The molecule has 2 N–H and O–H groups in total. The van der Waals surface area contributed by atoms with Crippen LogP contribution >= 0.6 is 0 Å². The third kappa shape index (κ3) is 10.6. The lowest BCUT2D eigenvalue weighted by molar-refractivity contribution is -0.149. The van der Waals surface area contributed by atoms with Gasteiger partial charge in [0.05, 0.1) is 24.4 Å². The summed E-state index contributed by atoms with van der Waals surface area (Å²) >= 11 is 0. The number of rotatable bonds is 17. The van der Waals surface area contributed by atoms with Crippen molar-refractivity contribution in [3.8, 4) is 0 Å². The number of carbonyl (C=O) groups excluding carboxylic acids is 2. The lowest BCUT2D eigenvalue weighted by Gasteiger charge is -2.33. The molecule has 6 nitrogen and oxygen atoms in total. The SMILES string of the molecule is C=C(CO)C(=O)OCC(C)(CCC1CCC(c2ccc(CCCCC)c(CC)c2)CC1)COC(=O)C(=C)CO. The first-order valence-corrected chi connectivity index (χ1v) is 14.7. The molecule has 0 spiro atoms. The Morgan fingerprint density at radius 2 is 1.51 bits per heavy atom. The van der Waals surface area contributed by atoms with Crippen molar-refractivity contribution < 1.29 is 29.3 Å². The van der Waals surface area contributed by atoms with Crippen molar-refractivity contribution in [3.63, 3.8) is 0 Å². The van der Waals surface area contributed by atoms with Gasteiger partial charge in [0.25, 0.3) is 0 Å². The Labute approximate surface area is 235 Å². The zero-order valence-corrected chi connectivity index (χ0v) is 24.4. The summed E-state index contributed by atoms with van der Waals surface area (Å²) in [6.45, 7) is 12.6. The van der Waals surface area contributed by atoms with Gasteiger partial charge in [-0.2, -0.15) is 0 Å². The smallest absolute Gasteiger partial charge is 0.335 e. The maximum atomic E-state index is 12.1. The number of ether oxygens (including phenoxy) is 2. The lowest BCUT2D eigenvalue weighted by atomic mass is 9.74. The minimum atomic E-state index is -0.654. The van der Waals surface area contributed by atoms with Crippen LogP contribution in [0.1, 0.15) is 101 Å². The molecule has 6 heteroatoms. The number of benzene rings is 1. The summed E-state index contributed by atoms with van der Waals surface area (Å²) in [6.07, 6.45) is 12.3. The van der Waals surface area contributed by atoms with Gasteiger partial charge in [-0.15, -0.1) is 0 Å². The molecule has 1 aromatic carbocycles. The van der Waals surface area contributed by atoms with E-state index in [0.717, 1.165) is 38.5 Å². The highest BCUT2D eigenvalue weighted by Crippen LogP contribution is 2.40. The topological polar surface area (TPSA) is 93.1 Å². The first-order chi connectivity index (χ1) is 18.7. The number of aryl methyl sites for hydroxylation is 2. The molecule has 0 radical (unpaired) electrons. The lowest BCUT2D eigenvalue weighted by Crippen LogP contribution is -2.33. The van der Waals surface area contributed by atoms with Gasteiger partial charge in [0.15, 0.2) is 0 Å². The molecule has 39 heavy (non-hydrogen) atoms. The van der Waals surface area contributed by atoms with Gasteiger partial charge >= 0.3 is 11.9 Å². The quantitative estimate of drug-likeness (QED) is 0.138. The van der Waals surface area contributed by atoms with Gasteiger partial charge in [-0.05, 0) is 86.3 Å². The van der Waals surface area contributed by atoms with Gasteiger partial charge in [-0.25, -0.2) is 9.59 Å². The number of carbonyl (C=O) groups is 2. The van der Waals surface area contributed by atoms with Crippen LogP contribution in [0.3, 0.4) is 0 Å². The van der Waals surface area contributed by atoms with Gasteiger partial charge in [0, 0.05) is 5.41 Å². The Balaban J connectivity index is 1.95. The minimum Gasteiger partial charge on any atom is -0.462 e. The van der Waals surface area contributed by atoms with Crippen molar-refractivity contribution in [2.24, 2.45) is 11.3 Å². The predicted molar refractivity (Wildman–Crippen MR) is 155 cm³/mol. The maximum absolute atomic E-state index is 12.1. The fourth-order valence-electron chi connectivity index (χ4n) is 5.37. The van der Waals surface area contributed by atoms with Crippen LogP contribution in [-0.4, -0.2) is 48.6 Å². The van der Waals surface area contributed by atoms with Crippen molar-refractivity contribution >= 4 is 11.9 Å². The number of hydrogen-bond donors (Lipinski definition) is 2. The first kappa shape index (κ1) is 32.8. The van der Waals surface area contributed by atoms with E-state index in [1.165, 1.54) is 42.4 Å². The Bertz CT molecular complexity index is 925. The summed E-state index contributed by atoms with van der Waals surface area (Å²) < 4.78 is 10.8. The largest absolute Gasteiger partial charge is 0.462 e. The molecule has 1 aliphatic rings. The monoisotopic (exact) mass is 542 g/mol. The van der Waals surface area contributed by atoms with Crippen molar-refractivity contribution in [1.29, 1.82) is 0 Å². The summed E-state index contributed by atoms with van der Waals surface area (Å²) in [4.78, 5) is 24.2. The second kappa shape index (κ2) is 16.6. The summed E-state index contributed by atoms with van der Waals surface area (Å²) in [5.74, 6) is -0.152. The molecular weight excluding hydrogens is 492 g/mol. The molecule has 0 saturated heterocycles. The van der Waals surface area contributed by atoms with Crippen molar-refractivity contribution in [1.82, 2.24) is 0 Å². The van der Waals surface area contributed by atoms with Gasteiger partial charge < -0.3 is 19.7 Å². The molecule has 1 aliphatic carbocycles. The molecule has 1 fully saturated rings. The van der Waals surface area contributed by atoms with E-state index in [1.807, 2.05) is 6.92 Å². The van der Waals surface area contributed by atoms with Gasteiger partial charge in [-0.1, -0.05) is 65.0 Å². The zero-order valence-electron chi connectivity index (χ0n) is 24.4. The number of hydrogen-bond acceptors (Lipinski definition) is 6. The van der Waals surface area contributed by atoms with E-state index in [2.05, 4.69) is 45.2 Å². The third-order valence-corrected chi connectivity index (χ3v) is 8.20. The minimum absolute atomic E-state index is 0.0125. The molecule has 0 heterocycles. The molecular formula is C33H50O6. The van der Waals surface area contributed by atoms with E-state index < -0.39 is 30.6 Å². The van der Waals surface area contributed by atoms with Crippen LogP contribution in [0.2, 0.25) is 0 Å². The molecule has 0 aromatic heterocycles. The molecule has 0 atom stereocenters. The van der Waals surface area contributed by atoms with E-state index in [9.17, 15) is 9.59 Å². The van der Waals surface area contributed by atoms with Crippen LogP contribution < -0.4 is 0 Å². The van der Waals surface area contributed by atoms with Crippen LogP contribution in [0.25, 0.3) is 0 Å². The van der Waals surface area contributed by atoms with Gasteiger partial charge in [0.2, 0.25) is 0 Å². The van der Waals surface area contributed by atoms with E-state index >= 15 is 0 Å². The Morgan fingerprint density at radius 3 is 2.03 bits per heavy atom. The molecule has 0 amide bonds. The average molecular weight is 543 g/mol. The van der Waals surface area contributed by atoms with Crippen molar-refractivity contribution in [2.75, 3.05) is 26.4 Å². The van der Waals surface area contributed by atoms with E-state index in [-0.39, 0.29) is 24.4 Å². The molecule has 0 bridgehead atoms. The molecule has 2 rings (SSSR count). The Hall–Kier alpha value is -2.44. The van der Waals surface area contributed by atoms with Crippen LogP contribution in [0.15, 0.2) is 42.5 Å². The fourth-order valence-corrected chi connectivity index (χ4v) is 5.37. The summed E-state index contributed by atoms with van der Waals surface area (Å²) in [5.41, 5.74) is 3.86. The average Bonchev–Trinajstić information content (AvgIpc) is 2.97. The highest BCUT2D eigenvalue weighted by Gasteiger charge is 2.31. The first-order valence-electron chi connectivity index (χ1n) is 14.7. The van der Waals surface area contributed by atoms with E-state index in [1.54, 1.807) is 0 Å². The summed E-state index contributed by atoms with van der Waals surface area (Å²) in [5, 5.41) is 18.3. The predicted octanol–water partition coefficient (Wildman–Crippen LogP) is 6.23. The highest BCUT2D eigenvalue weighted by atomic mass is 16.5. The second-order valence-electron chi connectivity index (χ2n) is 11.6. The van der Waals surface area contributed by atoms with E-state index in [0.29, 0.717) is 18.3 Å². The van der Waals surface area contributed by atoms with Crippen LogP contribution in [0.5, 0.6) is 0 Å². The highest BCUT2D eigenvalue weighted by molar-refractivity contribution is 5.88. The summed E-state index contributed by atoms with van der Waals surface area (Å²) in [7, 11) is 0. The third-order valence-electron chi connectivity index (χ3n) is 8.20.